The number of halogens is 1. The molecule has 1 saturated carbocycles. The van der Waals surface area contributed by atoms with Crippen LogP contribution in [0.25, 0.3) is 0 Å². The summed E-state index contributed by atoms with van der Waals surface area (Å²) in [6, 6.07) is 2.65. The second-order valence-corrected chi connectivity index (χ2v) is 6.16. The molecular weight excluding hydrogens is 252 g/mol. The van der Waals surface area contributed by atoms with Crippen molar-refractivity contribution in [3.8, 4) is 0 Å². The van der Waals surface area contributed by atoms with E-state index in [1.807, 2.05) is 0 Å². The third kappa shape index (κ3) is 2.83. The van der Waals surface area contributed by atoms with E-state index in [-0.39, 0.29) is 0 Å². The maximum atomic E-state index is 4.60. The van der Waals surface area contributed by atoms with Gasteiger partial charge < -0.3 is 0 Å². The van der Waals surface area contributed by atoms with Gasteiger partial charge in [-0.3, -0.25) is 4.68 Å². The molecule has 3 heteroatoms. The molecule has 1 aromatic rings. The molecule has 0 bridgehead atoms. The lowest BCUT2D eigenvalue weighted by molar-refractivity contribution is 0.502. The normalized spacial score (nSPS) is 26.4. The molecule has 1 heterocycles. The molecule has 15 heavy (non-hydrogen) atoms. The van der Waals surface area contributed by atoms with Crippen molar-refractivity contribution in [1.29, 1.82) is 0 Å². The van der Waals surface area contributed by atoms with Crippen molar-refractivity contribution >= 4 is 15.9 Å². The summed E-state index contributed by atoms with van der Waals surface area (Å²) in [5, 5.41) is 4.60. The molecule has 2 nitrogen and oxygen atoms in total. The van der Waals surface area contributed by atoms with Crippen LogP contribution in [0.15, 0.2) is 12.3 Å². The molecule has 0 amide bonds. The van der Waals surface area contributed by atoms with Crippen LogP contribution >= 0.6 is 15.9 Å². The zero-order chi connectivity index (χ0) is 10.8. The minimum Gasteiger partial charge on any atom is -0.270 e. The van der Waals surface area contributed by atoms with E-state index in [2.05, 4.69) is 51.8 Å². The Labute approximate surface area is 100 Å². The molecule has 1 fully saturated rings. The van der Waals surface area contributed by atoms with Gasteiger partial charge in [0.2, 0.25) is 0 Å². The van der Waals surface area contributed by atoms with Crippen LogP contribution in [-0.4, -0.2) is 14.6 Å². The highest BCUT2D eigenvalue weighted by Gasteiger charge is 2.23. The van der Waals surface area contributed by atoms with Crippen molar-refractivity contribution < 1.29 is 0 Å². The van der Waals surface area contributed by atoms with Gasteiger partial charge in [-0.25, -0.2) is 0 Å². The number of nitrogens with zero attached hydrogens (tertiary/aromatic N) is 2. The monoisotopic (exact) mass is 270 g/mol. The lowest BCUT2D eigenvalue weighted by Crippen LogP contribution is -2.04. The van der Waals surface area contributed by atoms with Crippen LogP contribution in [0.2, 0.25) is 0 Å². The number of rotatable bonds is 3. The standard InChI is InChI=1S/C12H19BrN2/c1-9(2)15-6-5-12(14-15)8-10-3-4-11(13)7-10/h5-6,9-11H,3-4,7-8H2,1-2H3. The molecule has 0 spiro atoms. The maximum Gasteiger partial charge on any atom is 0.0627 e. The average molecular weight is 271 g/mol. The topological polar surface area (TPSA) is 17.8 Å². The number of alkyl halides is 1. The first kappa shape index (κ1) is 11.2. The highest BCUT2D eigenvalue weighted by atomic mass is 79.9. The predicted molar refractivity (Wildman–Crippen MR) is 66.4 cm³/mol. The SMILES string of the molecule is CC(C)n1ccc(CC2CCC(Br)C2)n1. The fourth-order valence-electron chi connectivity index (χ4n) is 2.27. The Kier molecular flexibility index (Phi) is 3.49. The van der Waals surface area contributed by atoms with Gasteiger partial charge in [0, 0.05) is 17.1 Å². The Hall–Kier alpha value is -0.310. The van der Waals surface area contributed by atoms with E-state index < -0.39 is 0 Å². The van der Waals surface area contributed by atoms with E-state index in [1.165, 1.54) is 25.0 Å². The quantitative estimate of drug-likeness (QED) is 0.768. The van der Waals surface area contributed by atoms with Gasteiger partial charge in [0.05, 0.1) is 5.69 Å². The Balaban J connectivity index is 1.93. The zero-order valence-corrected chi connectivity index (χ0v) is 11.1. The smallest absolute Gasteiger partial charge is 0.0627 e. The summed E-state index contributed by atoms with van der Waals surface area (Å²) in [5.41, 5.74) is 1.26. The first-order valence-corrected chi connectivity index (χ1v) is 6.75. The number of hydrogen-bond acceptors (Lipinski definition) is 1. The van der Waals surface area contributed by atoms with Crippen LogP contribution < -0.4 is 0 Å². The summed E-state index contributed by atoms with van der Waals surface area (Å²) in [4.78, 5) is 0.745. The van der Waals surface area contributed by atoms with E-state index in [4.69, 9.17) is 0 Å². The van der Waals surface area contributed by atoms with Crippen LogP contribution in [0.4, 0.5) is 0 Å². The number of aromatic nitrogens is 2. The second-order valence-electron chi connectivity index (χ2n) is 4.86. The van der Waals surface area contributed by atoms with Gasteiger partial charge in [-0.2, -0.15) is 5.10 Å². The first-order valence-electron chi connectivity index (χ1n) is 5.83. The van der Waals surface area contributed by atoms with Crippen LogP contribution in [0.5, 0.6) is 0 Å². The lowest BCUT2D eigenvalue weighted by atomic mass is 10.0. The van der Waals surface area contributed by atoms with Gasteiger partial charge in [-0.15, -0.1) is 0 Å². The largest absolute Gasteiger partial charge is 0.270 e. The summed E-state index contributed by atoms with van der Waals surface area (Å²) in [5.74, 6) is 0.838. The van der Waals surface area contributed by atoms with Crippen LogP contribution in [-0.2, 0) is 6.42 Å². The van der Waals surface area contributed by atoms with E-state index in [9.17, 15) is 0 Å². The molecule has 0 radical (unpaired) electrons. The first-order chi connectivity index (χ1) is 7.15. The van der Waals surface area contributed by atoms with Crippen molar-refractivity contribution in [2.75, 3.05) is 0 Å². The molecule has 0 saturated heterocycles. The van der Waals surface area contributed by atoms with Gasteiger partial charge in [0.25, 0.3) is 0 Å². The summed E-state index contributed by atoms with van der Waals surface area (Å²) in [6.45, 7) is 4.34. The average Bonchev–Trinajstić information content (AvgIpc) is 2.76. The van der Waals surface area contributed by atoms with E-state index in [0.717, 1.165) is 17.2 Å². The summed E-state index contributed by atoms with van der Waals surface area (Å²) >= 11 is 3.69. The van der Waals surface area contributed by atoms with Crippen molar-refractivity contribution in [3.05, 3.63) is 18.0 Å². The minimum absolute atomic E-state index is 0.478. The molecular formula is C12H19BrN2. The second kappa shape index (κ2) is 4.69. The van der Waals surface area contributed by atoms with Crippen LogP contribution in [0, 0.1) is 5.92 Å². The van der Waals surface area contributed by atoms with E-state index in [1.54, 1.807) is 0 Å². The fourth-order valence-corrected chi connectivity index (χ4v) is 3.06. The van der Waals surface area contributed by atoms with Gasteiger partial charge in [0.1, 0.15) is 0 Å². The third-order valence-corrected chi connectivity index (χ3v) is 4.00. The van der Waals surface area contributed by atoms with Gasteiger partial charge in [-0.05, 0) is 51.5 Å². The summed E-state index contributed by atoms with van der Waals surface area (Å²) < 4.78 is 2.05. The predicted octanol–water partition coefficient (Wildman–Crippen LogP) is 3.57. The van der Waals surface area contributed by atoms with E-state index in [0.29, 0.717) is 6.04 Å². The molecule has 0 aliphatic heterocycles. The highest BCUT2D eigenvalue weighted by Crippen LogP contribution is 2.32. The van der Waals surface area contributed by atoms with Crippen LogP contribution in [0.3, 0.4) is 0 Å². The van der Waals surface area contributed by atoms with Crippen molar-refractivity contribution in [1.82, 2.24) is 9.78 Å². The molecule has 0 aromatic carbocycles. The van der Waals surface area contributed by atoms with Gasteiger partial charge in [-0.1, -0.05) is 15.9 Å². The Morgan fingerprint density at radius 2 is 2.33 bits per heavy atom. The van der Waals surface area contributed by atoms with Gasteiger partial charge in [0.15, 0.2) is 0 Å². The molecule has 1 aliphatic rings. The minimum atomic E-state index is 0.478. The molecule has 1 aromatic heterocycles. The summed E-state index contributed by atoms with van der Waals surface area (Å²) in [7, 11) is 0. The molecule has 2 unspecified atom stereocenters. The Morgan fingerprint density at radius 1 is 1.53 bits per heavy atom. The van der Waals surface area contributed by atoms with E-state index >= 15 is 0 Å². The molecule has 2 atom stereocenters. The third-order valence-electron chi connectivity index (χ3n) is 3.17. The Bertz CT molecular complexity index is 319. The van der Waals surface area contributed by atoms with Gasteiger partial charge >= 0.3 is 0 Å². The molecule has 84 valence electrons. The summed E-state index contributed by atoms with van der Waals surface area (Å²) in [6.07, 6.45) is 7.25. The fraction of sp³-hybridized carbons (Fsp3) is 0.750. The zero-order valence-electron chi connectivity index (χ0n) is 9.49. The van der Waals surface area contributed by atoms with Crippen molar-refractivity contribution in [2.45, 2.75) is 50.4 Å². The highest BCUT2D eigenvalue weighted by molar-refractivity contribution is 9.09. The lowest BCUT2D eigenvalue weighted by Gasteiger charge is -2.07. The van der Waals surface area contributed by atoms with Crippen molar-refractivity contribution in [3.63, 3.8) is 0 Å². The Morgan fingerprint density at radius 3 is 2.87 bits per heavy atom. The maximum absolute atomic E-state index is 4.60. The molecule has 0 N–H and O–H groups in total. The number of hydrogen-bond donors (Lipinski definition) is 0. The van der Waals surface area contributed by atoms with Crippen molar-refractivity contribution in [2.24, 2.45) is 5.92 Å². The molecule has 2 rings (SSSR count). The van der Waals surface area contributed by atoms with Crippen LogP contribution in [0.1, 0.15) is 44.8 Å². The molecule has 1 aliphatic carbocycles.